The Kier molecular flexibility index (Phi) is 4.10. The highest BCUT2D eigenvalue weighted by Gasteiger charge is 2.19. The Morgan fingerprint density at radius 3 is 2.44 bits per heavy atom. The third-order valence-corrected chi connectivity index (χ3v) is 3.76. The van der Waals surface area contributed by atoms with Crippen molar-refractivity contribution in [1.29, 1.82) is 0 Å². The monoisotopic (exact) mass is 286 g/mol. The van der Waals surface area contributed by atoms with Gasteiger partial charge in [-0.15, -0.1) is 0 Å². The molecule has 0 spiro atoms. The second-order valence-electron chi connectivity index (χ2n) is 4.43. The number of hydrogen-bond acceptors (Lipinski definition) is 3. The molecule has 5 heteroatoms. The number of halogens is 1. The van der Waals surface area contributed by atoms with Crippen LogP contribution in [0.4, 0.5) is 0 Å². The van der Waals surface area contributed by atoms with Gasteiger partial charge in [-0.1, -0.05) is 29.8 Å². The zero-order valence-electron chi connectivity index (χ0n) is 10.1. The maximum absolute atomic E-state index is 11.0. The van der Waals surface area contributed by atoms with Gasteiger partial charge in [0.1, 0.15) is 0 Å². The van der Waals surface area contributed by atoms with Crippen molar-refractivity contribution in [3.63, 3.8) is 0 Å². The predicted octanol–water partition coefficient (Wildman–Crippen LogP) is 3.25. The molecule has 98 valence electrons. The van der Waals surface area contributed by atoms with E-state index in [2.05, 4.69) is 0 Å². The maximum atomic E-state index is 11.0. The van der Waals surface area contributed by atoms with Crippen molar-refractivity contribution in [3.8, 4) is 0 Å². The number of rotatable bonds is 3. The molecule has 1 aromatic carbocycles. The lowest BCUT2D eigenvalue weighted by atomic mass is 9.92. The molecule has 18 heavy (non-hydrogen) atoms. The standard InChI is InChI=1S/C13H15ClO3S/c1-18(15,16)17-13-8-4-11(5-9-13)10-2-6-12(14)7-3-10/h2-4,6-7,13H,5,8-9H2,1H3/t13-/m0/s1. The predicted molar refractivity (Wildman–Crippen MR) is 73.0 cm³/mol. The molecular weight excluding hydrogens is 272 g/mol. The van der Waals surface area contributed by atoms with Gasteiger partial charge in [-0.2, -0.15) is 8.42 Å². The van der Waals surface area contributed by atoms with Crippen molar-refractivity contribution in [1.82, 2.24) is 0 Å². The van der Waals surface area contributed by atoms with Crippen LogP contribution in [-0.4, -0.2) is 20.8 Å². The van der Waals surface area contributed by atoms with E-state index >= 15 is 0 Å². The summed E-state index contributed by atoms with van der Waals surface area (Å²) in [6.07, 6.45) is 5.08. The summed E-state index contributed by atoms with van der Waals surface area (Å²) in [6, 6.07) is 7.67. The van der Waals surface area contributed by atoms with Gasteiger partial charge in [0.2, 0.25) is 0 Å². The fourth-order valence-electron chi connectivity index (χ4n) is 2.07. The highest BCUT2D eigenvalue weighted by Crippen LogP contribution is 2.29. The minimum absolute atomic E-state index is 0.226. The van der Waals surface area contributed by atoms with E-state index in [1.165, 1.54) is 5.57 Å². The summed E-state index contributed by atoms with van der Waals surface area (Å²) >= 11 is 5.84. The van der Waals surface area contributed by atoms with E-state index in [9.17, 15) is 8.42 Å². The van der Waals surface area contributed by atoms with Crippen molar-refractivity contribution in [2.75, 3.05) is 6.26 Å². The molecule has 0 heterocycles. The fraction of sp³-hybridized carbons (Fsp3) is 0.385. The lowest BCUT2D eigenvalue weighted by Crippen LogP contribution is -2.19. The molecule has 0 N–H and O–H groups in total. The fourth-order valence-corrected chi connectivity index (χ4v) is 2.87. The minimum Gasteiger partial charge on any atom is -0.267 e. The summed E-state index contributed by atoms with van der Waals surface area (Å²) in [4.78, 5) is 0. The summed E-state index contributed by atoms with van der Waals surface area (Å²) in [7, 11) is -3.36. The smallest absolute Gasteiger partial charge is 0.264 e. The quantitative estimate of drug-likeness (QED) is 0.801. The van der Waals surface area contributed by atoms with Crippen molar-refractivity contribution >= 4 is 27.3 Å². The minimum atomic E-state index is -3.36. The van der Waals surface area contributed by atoms with Crippen LogP contribution in [0.5, 0.6) is 0 Å². The molecule has 1 aliphatic carbocycles. The van der Waals surface area contributed by atoms with E-state index in [0.717, 1.165) is 24.7 Å². The molecule has 2 rings (SSSR count). The van der Waals surface area contributed by atoms with Gasteiger partial charge in [0, 0.05) is 5.02 Å². The van der Waals surface area contributed by atoms with E-state index in [0.29, 0.717) is 11.4 Å². The average molecular weight is 287 g/mol. The second kappa shape index (κ2) is 5.43. The Bertz CT molecular complexity index is 546. The highest BCUT2D eigenvalue weighted by molar-refractivity contribution is 7.86. The summed E-state index contributed by atoms with van der Waals surface area (Å²) in [5, 5.41) is 0.716. The summed E-state index contributed by atoms with van der Waals surface area (Å²) in [6.45, 7) is 0. The molecule has 1 aromatic rings. The van der Waals surface area contributed by atoms with Crippen LogP contribution in [0.25, 0.3) is 5.57 Å². The Morgan fingerprint density at radius 2 is 1.94 bits per heavy atom. The summed E-state index contributed by atoms with van der Waals surface area (Å²) in [5.41, 5.74) is 2.36. The Labute approximate surface area is 113 Å². The second-order valence-corrected chi connectivity index (χ2v) is 6.47. The topological polar surface area (TPSA) is 43.4 Å². The van der Waals surface area contributed by atoms with Crippen LogP contribution in [0.15, 0.2) is 30.3 Å². The number of allylic oxidation sites excluding steroid dienone is 1. The number of hydrogen-bond donors (Lipinski definition) is 0. The van der Waals surface area contributed by atoms with Gasteiger partial charge in [-0.3, -0.25) is 4.18 Å². The third kappa shape index (κ3) is 3.83. The normalized spacial score (nSPS) is 20.6. The van der Waals surface area contributed by atoms with E-state index in [1.807, 2.05) is 30.3 Å². The zero-order chi connectivity index (χ0) is 13.2. The first kappa shape index (κ1) is 13.6. The van der Waals surface area contributed by atoms with E-state index < -0.39 is 10.1 Å². The van der Waals surface area contributed by atoms with Crippen molar-refractivity contribution in [2.45, 2.75) is 25.4 Å². The zero-order valence-corrected chi connectivity index (χ0v) is 11.7. The number of benzene rings is 1. The molecule has 0 radical (unpaired) electrons. The molecule has 0 bridgehead atoms. The first-order valence-electron chi connectivity index (χ1n) is 5.77. The molecule has 0 aliphatic heterocycles. The van der Waals surface area contributed by atoms with E-state index in [4.69, 9.17) is 15.8 Å². The van der Waals surface area contributed by atoms with Crippen molar-refractivity contribution in [2.24, 2.45) is 0 Å². The van der Waals surface area contributed by atoms with Crippen LogP contribution >= 0.6 is 11.6 Å². The van der Waals surface area contributed by atoms with Gasteiger partial charge in [-0.25, -0.2) is 0 Å². The lowest BCUT2D eigenvalue weighted by Gasteiger charge is -2.21. The first-order valence-corrected chi connectivity index (χ1v) is 7.97. The van der Waals surface area contributed by atoms with Gasteiger partial charge in [0.15, 0.2) is 0 Å². The van der Waals surface area contributed by atoms with Crippen molar-refractivity contribution in [3.05, 3.63) is 40.9 Å². The molecule has 3 nitrogen and oxygen atoms in total. The van der Waals surface area contributed by atoms with E-state index in [-0.39, 0.29) is 6.10 Å². The van der Waals surface area contributed by atoms with Crippen LogP contribution in [0.2, 0.25) is 5.02 Å². The maximum Gasteiger partial charge on any atom is 0.264 e. The van der Waals surface area contributed by atoms with Gasteiger partial charge in [0.05, 0.1) is 12.4 Å². The molecule has 1 atom stereocenters. The molecule has 1 aliphatic rings. The highest BCUT2D eigenvalue weighted by atomic mass is 35.5. The molecular formula is C13H15ClO3S. The SMILES string of the molecule is CS(=O)(=O)O[C@H]1CC=C(c2ccc(Cl)cc2)CC1. The lowest BCUT2D eigenvalue weighted by molar-refractivity contribution is 0.202. The van der Waals surface area contributed by atoms with Crippen molar-refractivity contribution < 1.29 is 12.6 Å². The van der Waals surface area contributed by atoms with Crippen LogP contribution in [-0.2, 0) is 14.3 Å². The largest absolute Gasteiger partial charge is 0.267 e. The Balaban J connectivity index is 2.05. The molecule has 0 unspecified atom stereocenters. The van der Waals surface area contributed by atoms with Gasteiger partial charge < -0.3 is 0 Å². The Morgan fingerprint density at radius 1 is 1.28 bits per heavy atom. The molecule has 0 saturated heterocycles. The average Bonchev–Trinajstić information content (AvgIpc) is 2.29. The van der Waals surface area contributed by atoms with Gasteiger partial charge >= 0.3 is 0 Å². The van der Waals surface area contributed by atoms with Gasteiger partial charge in [0.25, 0.3) is 10.1 Å². The van der Waals surface area contributed by atoms with Crippen LogP contribution in [0, 0.1) is 0 Å². The molecule has 0 amide bonds. The summed E-state index contributed by atoms with van der Waals surface area (Å²) in [5.74, 6) is 0. The molecule has 0 saturated carbocycles. The van der Waals surface area contributed by atoms with Gasteiger partial charge in [-0.05, 0) is 42.5 Å². The third-order valence-electron chi connectivity index (χ3n) is 2.89. The molecule has 0 aromatic heterocycles. The first-order chi connectivity index (χ1) is 8.44. The van der Waals surface area contributed by atoms with Crippen LogP contribution < -0.4 is 0 Å². The molecule has 0 fully saturated rings. The van der Waals surface area contributed by atoms with Crippen LogP contribution in [0.1, 0.15) is 24.8 Å². The summed E-state index contributed by atoms with van der Waals surface area (Å²) < 4.78 is 27.1. The van der Waals surface area contributed by atoms with Crippen LogP contribution in [0.3, 0.4) is 0 Å². The Hall–Kier alpha value is -0.840. The van der Waals surface area contributed by atoms with E-state index in [1.54, 1.807) is 0 Å².